The summed E-state index contributed by atoms with van der Waals surface area (Å²) in [6.07, 6.45) is 1.90. The van der Waals surface area contributed by atoms with Crippen molar-refractivity contribution < 1.29 is 5.11 Å². The summed E-state index contributed by atoms with van der Waals surface area (Å²) in [6.45, 7) is 1.22. The highest BCUT2D eigenvalue weighted by Gasteiger charge is 2.02. The van der Waals surface area contributed by atoms with E-state index in [0.717, 1.165) is 11.3 Å². The Morgan fingerprint density at radius 2 is 2.18 bits per heavy atom. The minimum atomic E-state index is 0.253. The van der Waals surface area contributed by atoms with Gasteiger partial charge in [0.2, 0.25) is 0 Å². The lowest BCUT2D eigenvalue weighted by atomic mass is 10.2. The minimum absolute atomic E-state index is 0.253. The van der Waals surface area contributed by atoms with E-state index >= 15 is 0 Å². The van der Waals surface area contributed by atoms with Crippen molar-refractivity contribution in [2.45, 2.75) is 13.1 Å². The van der Waals surface area contributed by atoms with Crippen molar-refractivity contribution in [2.75, 3.05) is 0 Å². The van der Waals surface area contributed by atoms with Crippen LogP contribution < -0.4 is 5.32 Å². The second-order valence-electron chi connectivity index (χ2n) is 3.86. The van der Waals surface area contributed by atoms with Crippen LogP contribution in [0.2, 0.25) is 5.02 Å². The zero-order valence-electron chi connectivity index (χ0n) is 9.52. The lowest BCUT2D eigenvalue weighted by molar-refractivity contribution is 0.464. The van der Waals surface area contributed by atoms with Crippen LogP contribution in [0, 0.1) is 0 Å². The number of aromatic hydroxyl groups is 1. The van der Waals surface area contributed by atoms with Gasteiger partial charge in [-0.2, -0.15) is 5.10 Å². The van der Waals surface area contributed by atoms with Gasteiger partial charge in [-0.25, -0.2) is 0 Å². The summed E-state index contributed by atoms with van der Waals surface area (Å²) in [6, 6.07) is 6.96. The number of nitrogens with zero attached hydrogens (tertiary/aromatic N) is 2. The predicted octanol–water partition coefficient (Wildman–Crippen LogP) is 2.07. The first kappa shape index (κ1) is 12.0. The number of rotatable bonds is 4. The summed E-state index contributed by atoms with van der Waals surface area (Å²) < 4.78 is 1.76. The van der Waals surface area contributed by atoms with Crippen LogP contribution in [0.3, 0.4) is 0 Å². The fourth-order valence-corrected chi connectivity index (χ4v) is 1.77. The third kappa shape index (κ3) is 3.22. The molecule has 1 heterocycles. The number of hydrogen-bond donors (Lipinski definition) is 2. The summed E-state index contributed by atoms with van der Waals surface area (Å²) in [5.74, 6) is 0.253. The van der Waals surface area contributed by atoms with Crippen LogP contribution in [0.25, 0.3) is 0 Å². The highest BCUT2D eigenvalue weighted by atomic mass is 35.5. The van der Waals surface area contributed by atoms with Gasteiger partial charge < -0.3 is 10.4 Å². The molecule has 4 nitrogen and oxygen atoms in total. The number of aryl methyl sites for hydroxylation is 1. The van der Waals surface area contributed by atoms with Crippen molar-refractivity contribution in [2.24, 2.45) is 7.05 Å². The van der Waals surface area contributed by atoms with Crippen LogP contribution >= 0.6 is 11.6 Å². The zero-order valence-corrected chi connectivity index (χ0v) is 10.3. The minimum Gasteiger partial charge on any atom is -0.508 e. The van der Waals surface area contributed by atoms with Gasteiger partial charge in [-0.05, 0) is 24.3 Å². The van der Waals surface area contributed by atoms with Gasteiger partial charge >= 0.3 is 0 Å². The molecule has 0 radical (unpaired) electrons. The Kier molecular flexibility index (Phi) is 3.66. The van der Waals surface area contributed by atoms with Crippen molar-refractivity contribution >= 4 is 11.6 Å². The van der Waals surface area contributed by atoms with Crippen LogP contribution in [0.5, 0.6) is 5.75 Å². The molecule has 0 aliphatic heterocycles. The number of phenols is 1. The van der Waals surface area contributed by atoms with E-state index in [0.29, 0.717) is 18.1 Å². The molecule has 5 heteroatoms. The molecule has 2 aromatic rings. The number of hydrogen-bond acceptors (Lipinski definition) is 3. The molecule has 2 N–H and O–H groups in total. The molecule has 1 aromatic carbocycles. The van der Waals surface area contributed by atoms with E-state index in [1.807, 2.05) is 19.3 Å². The van der Waals surface area contributed by atoms with Crippen molar-refractivity contribution in [3.63, 3.8) is 0 Å². The van der Waals surface area contributed by atoms with Gasteiger partial charge in [0.05, 0.1) is 5.69 Å². The Bertz CT molecular complexity index is 510. The van der Waals surface area contributed by atoms with Gasteiger partial charge in [0.15, 0.2) is 0 Å². The molecule has 0 aliphatic carbocycles. The van der Waals surface area contributed by atoms with Gasteiger partial charge in [-0.1, -0.05) is 11.6 Å². The number of benzene rings is 1. The zero-order chi connectivity index (χ0) is 12.3. The number of nitrogens with one attached hydrogen (secondary N) is 1. The van der Waals surface area contributed by atoms with E-state index in [-0.39, 0.29) is 5.75 Å². The summed E-state index contributed by atoms with van der Waals surface area (Å²) in [5.41, 5.74) is 1.75. The normalized spacial score (nSPS) is 10.7. The Balaban J connectivity index is 1.91. The van der Waals surface area contributed by atoms with Crippen molar-refractivity contribution in [3.05, 3.63) is 46.7 Å². The number of phenolic OH excluding ortho intramolecular Hbond substituents is 1. The van der Waals surface area contributed by atoms with Crippen LogP contribution in [0.4, 0.5) is 0 Å². The van der Waals surface area contributed by atoms with Crippen molar-refractivity contribution in [1.82, 2.24) is 15.1 Å². The second-order valence-corrected chi connectivity index (χ2v) is 4.29. The molecular formula is C12H14ClN3O. The molecule has 1 aromatic heterocycles. The van der Waals surface area contributed by atoms with Crippen LogP contribution in [-0.4, -0.2) is 14.9 Å². The number of aromatic nitrogens is 2. The maximum atomic E-state index is 9.62. The van der Waals surface area contributed by atoms with Gasteiger partial charge in [0, 0.05) is 36.9 Å². The van der Waals surface area contributed by atoms with E-state index in [2.05, 4.69) is 10.4 Å². The smallest absolute Gasteiger partial charge is 0.120 e. The first-order valence-corrected chi connectivity index (χ1v) is 5.69. The quantitative estimate of drug-likeness (QED) is 0.875. The maximum Gasteiger partial charge on any atom is 0.120 e. The van der Waals surface area contributed by atoms with Crippen LogP contribution in [0.15, 0.2) is 30.5 Å². The molecule has 0 atom stereocenters. The number of halogens is 1. The second kappa shape index (κ2) is 5.21. The van der Waals surface area contributed by atoms with Gasteiger partial charge in [0.25, 0.3) is 0 Å². The Morgan fingerprint density at radius 1 is 1.35 bits per heavy atom. The first-order valence-electron chi connectivity index (χ1n) is 5.32. The summed E-state index contributed by atoms with van der Waals surface area (Å²) in [5, 5.41) is 17.7. The molecular weight excluding hydrogens is 238 g/mol. The molecule has 0 spiro atoms. The molecule has 0 unspecified atom stereocenters. The Morgan fingerprint density at radius 3 is 2.88 bits per heavy atom. The molecule has 0 saturated heterocycles. The van der Waals surface area contributed by atoms with Crippen LogP contribution in [-0.2, 0) is 20.1 Å². The highest BCUT2D eigenvalue weighted by molar-refractivity contribution is 6.30. The molecule has 0 saturated carbocycles. The van der Waals surface area contributed by atoms with Gasteiger partial charge in [0.1, 0.15) is 5.75 Å². The monoisotopic (exact) mass is 251 g/mol. The van der Waals surface area contributed by atoms with Crippen molar-refractivity contribution in [3.8, 4) is 5.75 Å². The summed E-state index contributed by atoms with van der Waals surface area (Å²) in [4.78, 5) is 0. The van der Waals surface area contributed by atoms with E-state index in [1.165, 1.54) is 0 Å². The molecule has 0 fully saturated rings. The van der Waals surface area contributed by atoms with E-state index in [9.17, 15) is 5.11 Å². The molecule has 90 valence electrons. The highest BCUT2D eigenvalue weighted by Crippen LogP contribution is 2.21. The average Bonchev–Trinajstić information content (AvgIpc) is 2.69. The first-order chi connectivity index (χ1) is 8.15. The van der Waals surface area contributed by atoms with Crippen LogP contribution in [0.1, 0.15) is 11.3 Å². The summed E-state index contributed by atoms with van der Waals surface area (Å²) >= 11 is 5.86. The lowest BCUT2D eigenvalue weighted by Gasteiger charge is -2.06. The van der Waals surface area contributed by atoms with E-state index in [1.54, 1.807) is 22.9 Å². The largest absolute Gasteiger partial charge is 0.508 e. The fraction of sp³-hybridized carbons (Fsp3) is 0.250. The summed E-state index contributed by atoms with van der Waals surface area (Å²) in [7, 11) is 1.88. The Hall–Kier alpha value is -1.52. The van der Waals surface area contributed by atoms with E-state index in [4.69, 9.17) is 11.6 Å². The molecule has 0 amide bonds. The topological polar surface area (TPSA) is 50.1 Å². The SMILES string of the molecule is Cn1ccc(CNCc2cc(Cl)ccc2O)n1. The average molecular weight is 252 g/mol. The predicted molar refractivity (Wildman–Crippen MR) is 66.9 cm³/mol. The lowest BCUT2D eigenvalue weighted by Crippen LogP contribution is -2.13. The van der Waals surface area contributed by atoms with Crippen molar-refractivity contribution in [1.29, 1.82) is 0 Å². The maximum absolute atomic E-state index is 9.62. The molecule has 0 aliphatic rings. The third-order valence-corrected chi connectivity index (χ3v) is 2.67. The molecule has 2 rings (SSSR count). The third-order valence-electron chi connectivity index (χ3n) is 2.43. The molecule has 0 bridgehead atoms. The van der Waals surface area contributed by atoms with E-state index < -0.39 is 0 Å². The van der Waals surface area contributed by atoms with Gasteiger partial charge in [-0.15, -0.1) is 0 Å². The fourth-order valence-electron chi connectivity index (χ4n) is 1.58. The molecule has 17 heavy (non-hydrogen) atoms. The standard InChI is InChI=1S/C12H14ClN3O/c1-16-5-4-11(15-16)8-14-7-9-6-10(13)2-3-12(9)17/h2-6,14,17H,7-8H2,1H3. The Labute approximate surface area is 105 Å². The van der Waals surface area contributed by atoms with Gasteiger partial charge in [-0.3, -0.25) is 4.68 Å².